The molecule has 7 heteroatoms. The number of benzene rings is 1. The van der Waals surface area contributed by atoms with Crippen molar-refractivity contribution < 1.29 is 14.4 Å². The van der Waals surface area contributed by atoms with E-state index in [4.69, 9.17) is 5.73 Å². The number of aromatic nitrogens is 1. The molecule has 1 unspecified atom stereocenters. The fourth-order valence-electron chi connectivity index (χ4n) is 2.65. The molecule has 7 nitrogen and oxygen atoms in total. The minimum absolute atomic E-state index is 0.247. The van der Waals surface area contributed by atoms with Crippen LogP contribution in [0.3, 0.4) is 0 Å². The van der Waals surface area contributed by atoms with Crippen molar-refractivity contribution in [1.29, 1.82) is 0 Å². The number of carbonyl (C=O) groups excluding carboxylic acids is 3. The molecule has 4 N–H and O–H groups in total. The van der Waals surface area contributed by atoms with Gasteiger partial charge in [0.15, 0.2) is 0 Å². The highest BCUT2D eigenvalue weighted by molar-refractivity contribution is 6.13. The number of nitrogens with two attached hydrogens (primary N) is 1. The molecule has 0 fully saturated rings. The van der Waals surface area contributed by atoms with E-state index in [9.17, 15) is 14.4 Å². The summed E-state index contributed by atoms with van der Waals surface area (Å²) >= 11 is 0. The Morgan fingerprint density at radius 3 is 2.76 bits per heavy atom. The van der Waals surface area contributed by atoms with Crippen LogP contribution in [0.4, 0.5) is 5.69 Å². The monoisotopic (exact) mass is 286 g/mol. The van der Waals surface area contributed by atoms with Gasteiger partial charge in [-0.2, -0.15) is 0 Å². The Morgan fingerprint density at radius 1 is 1.38 bits per heavy atom. The number of anilines is 1. The van der Waals surface area contributed by atoms with Crippen LogP contribution in [0.15, 0.2) is 24.3 Å². The zero-order valence-electron chi connectivity index (χ0n) is 11.3. The molecule has 108 valence electrons. The quantitative estimate of drug-likeness (QED) is 0.734. The lowest BCUT2D eigenvalue weighted by atomic mass is 10.2. The summed E-state index contributed by atoms with van der Waals surface area (Å²) in [4.78, 5) is 35.0. The molecule has 3 amide bonds. The van der Waals surface area contributed by atoms with E-state index >= 15 is 0 Å². The number of para-hydroxylation sites is 1. The molecule has 2 heterocycles. The second-order valence-corrected chi connectivity index (χ2v) is 4.96. The van der Waals surface area contributed by atoms with Gasteiger partial charge in [0.2, 0.25) is 11.8 Å². The zero-order chi connectivity index (χ0) is 15.1. The fraction of sp³-hybridized carbons (Fsp3) is 0.214. The van der Waals surface area contributed by atoms with E-state index in [1.807, 2.05) is 24.3 Å². The number of hydrogen-bond donors (Lipinski definition) is 3. The van der Waals surface area contributed by atoms with E-state index in [0.717, 1.165) is 10.9 Å². The number of nitrogens with one attached hydrogen (secondary N) is 2. The van der Waals surface area contributed by atoms with Crippen LogP contribution in [-0.2, 0) is 16.1 Å². The molecule has 3 rings (SSSR count). The first-order chi connectivity index (χ1) is 9.99. The van der Waals surface area contributed by atoms with Crippen molar-refractivity contribution in [3.8, 4) is 0 Å². The summed E-state index contributed by atoms with van der Waals surface area (Å²) in [6.07, 6.45) is 0. The van der Waals surface area contributed by atoms with E-state index in [1.165, 1.54) is 6.92 Å². The van der Waals surface area contributed by atoms with Gasteiger partial charge in [0.25, 0.3) is 5.91 Å². The van der Waals surface area contributed by atoms with Crippen molar-refractivity contribution in [3.05, 3.63) is 30.0 Å². The lowest BCUT2D eigenvalue weighted by Crippen LogP contribution is -2.51. The van der Waals surface area contributed by atoms with Gasteiger partial charge >= 0.3 is 0 Å². The molecule has 21 heavy (non-hydrogen) atoms. The highest BCUT2D eigenvalue weighted by Crippen LogP contribution is 2.33. The Labute approximate surface area is 120 Å². The number of hydrogen-bond acceptors (Lipinski definition) is 3. The summed E-state index contributed by atoms with van der Waals surface area (Å²) in [5, 5.41) is 6.01. The molecular formula is C14H14N4O3. The Kier molecular flexibility index (Phi) is 2.90. The Balaban J connectivity index is 2.25. The molecule has 1 aliphatic heterocycles. The summed E-state index contributed by atoms with van der Waals surface area (Å²) < 4.78 is 1.72. The molecule has 1 aromatic carbocycles. The number of rotatable bonds is 2. The van der Waals surface area contributed by atoms with Gasteiger partial charge in [-0.25, -0.2) is 0 Å². The van der Waals surface area contributed by atoms with Crippen molar-refractivity contribution >= 4 is 34.3 Å². The summed E-state index contributed by atoms with van der Waals surface area (Å²) in [5.74, 6) is -1.28. The van der Waals surface area contributed by atoms with Crippen LogP contribution in [0.2, 0.25) is 0 Å². The third-order valence-electron chi connectivity index (χ3n) is 3.50. The maximum atomic E-state index is 12.3. The number of fused-ring (bicyclic) bond motifs is 3. The van der Waals surface area contributed by atoms with Gasteiger partial charge in [-0.3, -0.25) is 14.4 Å². The van der Waals surface area contributed by atoms with Crippen LogP contribution in [0.25, 0.3) is 10.9 Å². The third kappa shape index (κ3) is 2.03. The Hall–Kier alpha value is -2.83. The zero-order valence-corrected chi connectivity index (χ0v) is 11.3. The van der Waals surface area contributed by atoms with Gasteiger partial charge in [0.05, 0.1) is 17.7 Å². The number of amides is 3. The molecule has 1 aromatic heterocycles. The van der Waals surface area contributed by atoms with Crippen LogP contribution < -0.4 is 16.4 Å². The highest BCUT2D eigenvalue weighted by atomic mass is 16.2. The maximum absolute atomic E-state index is 12.3. The minimum atomic E-state index is -0.758. The van der Waals surface area contributed by atoms with Gasteiger partial charge in [-0.1, -0.05) is 18.2 Å². The number of nitrogens with zero attached hydrogens (tertiary/aromatic N) is 1. The van der Waals surface area contributed by atoms with Crippen LogP contribution in [0.1, 0.15) is 17.4 Å². The van der Waals surface area contributed by atoms with Crippen molar-refractivity contribution in [3.63, 3.8) is 0 Å². The normalized spacial score (nSPS) is 17.2. The molecule has 0 aliphatic carbocycles. The van der Waals surface area contributed by atoms with Crippen molar-refractivity contribution in [2.45, 2.75) is 19.5 Å². The number of primary amides is 1. The average molecular weight is 286 g/mol. The summed E-state index contributed by atoms with van der Waals surface area (Å²) in [7, 11) is 0. The van der Waals surface area contributed by atoms with Crippen molar-refractivity contribution in [2.24, 2.45) is 5.73 Å². The first-order valence-electron chi connectivity index (χ1n) is 6.48. The lowest BCUT2D eigenvalue weighted by Gasteiger charge is -2.24. The highest BCUT2D eigenvalue weighted by Gasteiger charge is 2.32. The van der Waals surface area contributed by atoms with E-state index < -0.39 is 17.9 Å². The van der Waals surface area contributed by atoms with E-state index in [0.29, 0.717) is 11.4 Å². The molecule has 0 bridgehead atoms. The topological polar surface area (TPSA) is 106 Å². The largest absolute Gasteiger partial charge is 0.368 e. The van der Waals surface area contributed by atoms with Crippen molar-refractivity contribution in [1.82, 2.24) is 9.88 Å². The SMILES string of the molecule is CC(=O)Nc1c2n(c3ccccc13)CC(C(N)=O)NC2=O. The second-order valence-electron chi connectivity index (χ2n) is 4.96. The lowest BCUT2D eigenvalue weighted by molar-refractivity contribution is -0.120. The van der Waals surface area contributed by atoms with Crippen LogP contribution in [-0.4, -0.2) is 28.3 Å². The van der Waals surface area contributed by atoms with Crippen molar-refractivity contribution in [2.75, 3.05) is 5.32 Å². The smallest absolute Gasteiger partial charge is 0.270 e. The third-order valence-corrected chi connectivity index (χ3v) is 3.50. The van der Waals surface area contributed by atoms with Crippen LogP contribution in [0, 0.1) is 0 Å². The first kappa shape index (κ1) is 13.2. The van der Waals surface area contributed by atoms with Gasteiger partial charge < -0.3 is 20.9 Å². The second kappa shape index (κ2) is 4.62. The van der Waals surface area contributed by atoms with E-state index in [2.05, 4.69) is 10.6 Å². The molecule has 0 saturated carbocycles. The average Bonchev–Trinajstić information content (AvgIpc) is 2.73. The maximum Gasteiger partial charge on any atom is 0.270 e. The molecule has 0 saturated heterocycles. The summed E-state index contributed by atoms with van der Waals surface area (Å²) in [5.41, 5.74) is 6.85. The van der Waals surface area contributed by atoms with E-state index in [-0.39, 0.29) is 12.5 Å². The first-order valence-corrected chi connectivity index (χ1v) is 6.48. The van der Waals surface area contributed by atoms with Crippen LogP contribution >= 0.6 is 0 Å². The minimum Gasteiger partial charge on any atom is -0.368 e. The number of carbonyl (C=O) groups is 3. The molecular weight excluding hydrogens is 272 g/mol. The molecule has 2 aromatic rings. The predicted octanol–water partition coefficient (Wildman–Crippen LogP) is 0.197. The predicted molar refractivity (Wildman–Crippen MR) is 76.7 cm³/mol. The standard InChI is InChI=1S/C14H14N4O3/c1-7(19)16-11-8-4-2-3-5-10(8)18-6-9(13(15)20)17-14(21)12(11)18/h2-5,9H,6H2,1H3,(H2,15,20)(H,16,19)(H,17,21). The molecule has 0 radical (unpaired) electrons. The van der Waals surface area contributed by atoms with E-state index in [1.54, 1.807) is 4.57 Å². The van der Waals surface area contributed by atoms with Gasteiger partial charge in [0.1, 0.15) is 11.7 Å². The summed E-state index contributed by atoms with van der Waals surface area (Å²) in [6, 6.07) is 6.55. The Bertz CT molecular complexity index is 778. The van der Waals surface area contributed by atoms with Gasteiger partial charge in [-0.15, -0.1) is 0 Å². The molecule has 1 aliphatic rings. The summed E-state index contributed by atoms with van der Waals surface area (Å²) in [6.45, 7) is 1.63. The fourth-order valence-corrected chi connectivity index (χ4v) is 2.65. The molecule has 0 spiro atoms. The molecule has 1 atom stereocenters. The van der Waals surface area contributed by atoms with Gasteiger partial charge in [-0.05, 0) is 6.07 Å². The van der Waals surface area contributed by atoms with Gasteiger partial charge in [0, 0.05) is 12.3 Å². The Morgan fingerprint density at radius 2 is 2.10 bits per heavy atom. The van der Waals surface area contributed by atoms with Crippen LogP contribution in [0.5, 0.6) is 0 Å².